The lowest BCUT2D eigenvalue weighted by atomic mass is 9.57. The van der Waals surface area contributed by atoms with Crippen LogP contribution in [-0.4, -0.2) is 73.8 Å². The molecule has 23 heavy (non-hydrogen) atoms. The second-order valence-corrected chi connectivity index (χ2v) is 7.84. The second kappa shape index (κ2) is 6.60. The van der Waals surface area contributed by atoms with E-state index < -0.39 is 0 Å². The van der Waals surface area contributed by atoms with Crippen molar-refractivity contribution in [1.82, 2.24) is 15.1 Å². The van der Waals surface area contributed by atoms with Crippen LogP contribution in [-0.2, 0) is 4.74 Å². The van der Waals surface area contributed by atoms with Crippen LogP contribution >= 0.6 is 0 Å². The minimum atomic E-state index is 0.203. The number of ether oxygens (including phenoxy) is 1. The summed E-state index contributed by atoms with van der Waals surface area (Å²) >= 11 is 0. The van der Waals surface area contributed by atoms with Crippen LogP contribution in [0.3, 0.4) is 0 Å². The third-order valence-corrected chi connectivity index (χ3v) is 6.39. The molecule has 0 aromatic carbocycles. The maximum atomic E-state index is 5.92. The highest BCUT2D eigenvalue weighted by Crippen LogP contribution is 2.52. The molecule has 0 aromatic rings. The van der Waals surface area contributed by atoms with Gasteiger partial charge in [0.2, 0.25) is 0 Å². The summed E-state index contributed by atoms with van der Waals surface area (Å²) in [5.41, 5.74) is 0.203. The highest BCUT2D eigenvalue weighted by atomic mass is 16.5. The van der Waals surface area contributed by atoms with E-state index in [1.165, 1.54) is 12.8 Å². The zero-order valence-corrected chi connectivity index (χ0v) is 15.5. The number of hydrogen-bond acceptors (Lipinski definition) is 3. The monoisotopic (exact) mass is 322 g/mol. The van der Waals surface area contributed by atoms with Crippen LogP contribution in [0.1, 0.15) is 40.5 Å². The fraction of sp³-hybridized carbons (Fsp3) is 0.944. The Kier molecular flexibility index (Phi) is 4.88. The van der Waals surface area contributed by atoms with Crippen molar-refractivity contribution in [2.45, 2.75) is 58.7 Å². The van der Waals surface area contributed by atoms with Crippen molar-refractivity contribution in [3.05, 3.63) is 0 Å². The molecule has 0 amide bonds. The van der Waals surface area contributed by atoms with E-state index in [4.69, 9.17) is 4.74 Å². The van der Waals surface area contributed by atoms with Gasteiger partial charge in [0.1, 0.15) is 0 Å². The molecule has 4 atom stereocenters. The number of fused-ring (bicyclic) bond motifs is 1. The number of rotatable bonds is 4. The minimum absolute atomic E-state index is 0.203. The minimum Gasteiger partial charge on any atom is -0.377 e. The summed E-state index contributed by atoms with van der Waals surface area (Å²) in [6, 6.07) is 1.15. The lowest BCUT2D eigenvalue weighted by molar-refractivity contribution is -0.107. The van der Waals surface area contributed by atoms with Gasteiger partial charge in [0.05, 0.1) is 6.10 Å². The smallest absolute Gasteiger partial charge is 0.193 e. The van der Waals surface area contributed by atoms with E-state index in [9.17, 15) is 0 Å². The van der Waals surface area contributed by atoms with E-state index in [1.807, 2.05) is 7.05 Å². The van der Waals surface area contributed by atoms with Crippen molar-refractivity contribution in [2.24, 2.45) is 16.3 Å². The Morgan fingerprint density at radius 1 is 1.30 bits per heavy atom. The van der Waals surface area contributed by atoms with Gasteiger partial charge in [-0.25, -0.2) is 0 Å². The first-order valence-electron chi connectivity index (χ1n) is 9.36. The predicted molar refractivity (Wildman–Crippen MR) is 94.8 cm³/mol. The van der Waals surface area contributed by atoms with E-state index in [0.717, 1.165) is 38.7 Å². The van der Waals surface area contributed by atoms with Gasteiger partial charge in [-0.2, -0.15) is 0 Å². The molecular formula is C18H34N4O. The molecule has 132 valence electrons. The second-order valence-electron chi connectivity index (χ2n) is 7.84. The lowest BCUT2D eigenvalue weighted by Gasteiger charge is -2.55. The van der Waals surface area contributed by atoms with E-state index in [0.29, 0.717) is 24.1 Å². The van der Waals surface area contributed by atoms with Crippen molar-refractivity contribution >= 4 is 5.96 Å². The van der Waals surface area contributed by atoms with Gasteiger partial charge in [0.25, 0.3) is 0 Å². The summed E-state index contributed by atoms with van der Waals surface area (Å²) in [5, 5.41) is 3.78. The summed E-state index contributed by atoms with van der Waals surface area (Å²) in [6.07, 6.45) is 2.86. The number of likely N-dealkylation sites (N-methyl/N-ethyl adjacent to an activating group) is 1. The Labute approximate surface area is 141 Å². The van der Waals surface area contributed by atoms with E-state index in [2.05, 4.69) is 47.8 Å². The largest absolute Gasteiger partial charge is 0.377 e. The third-order valence-electron chi connectivity index (χ3n) is 6.39. The summed E-state index contributed by atoms with van der Waals surface area (Å²) in [7, 11) is 1.92. The predicted octanol–water partition coefficient (Wildman–Crippen LogP) is 1.79. The molecule has 3 aliphatic rings. The van der Waals surface area contributed by atoms with Gasteiger partial charge in [0.15, 0.2) is 5.96 Å². The first-order valence-corrected chi connectivity index (χ1v) is 9.36. The number of aliphatic imine (C=N–C) groups is 1. The van der Waals surface area contributed by atoms with Gasteiger partial charge in [-0.15, -0.1) is 0 Å². The van der Waals surface area contributed by atoms with Crippen molar-refractivity contribution < 1.29 is 4.74 Å². The Morgan fingerprint density at radius 3 is 2.70 bits per heavy atom. The molecule has 1 aliphatic carbocycles. The van der Waals surface area contributed by atoms with Gasteiger partial charge in [-0.05, 0) is 25.9 Å². The number of likely N-dealkylation sites (tertiary alicyclic amines) is 1. The molecule has 2 saturated heterocycles. The van der Waals surface area contributed by atoms with E-state index in [1.54, 1.807) is 0 Å². The Bertz CT molecular complexity index is 446. The van der Waals surface area contributed by atoms with Crippen LogP contribution in [0.15, 0.2) is 4.99 Å². The molecule has 2 aliphatic heterocycles. The van der Waals surface area contributed by atoms with Crippen LogP contribution in [0, 0.1) is 11.3 Å². The highest BCUT2D eigenvalue weighted by Gasteiger charge is 2.59. The first-order chi connectivity index (χ1) is 11.0. The topological polar surface area (TPSA) is 40.1 Å². The number of hydrogen-bond donors (Lipinski definition) is 1. The molecule has 4 unspecified atom stereocenters. The van der Waals surface area contributed by atoms with Gasteiger partial charge in [0, 0.05) is 50.2 Å². The fourth-order valence-electron chi connectivity index (χ4n) is 5.03. The SMILES string of the molecule is CCN(CC)C1CCN(C(=NC)NC2C3CCOC3C2(C)C)C1. The van der Waals surface area contributed by atoms with E-state index in [-0.39, 0.29) is 5.41 Å². The van der Waals surface area contributed by atoms with Crippen LogP contribution in [0.4, 0.5) is 0 Å². The molecule has 0 spiro atoms. The molecule has 0 aromatic heterocycles. The van der Waals surface area contributed by atoms with Crippen molar-refractivity contribution in [1.29, 1.82) is 0 Å². The number of nitrogens with one attached hydrogen (secondary N) is 1. The summed E-state index contributed by atoms with van der Waals surface area (Å²) < 4.78 is 5.92. The molecule has 0 radical (unpaired) electrons. The molecule has 1 saturated carbocycles. The van der Waals surface area contributed by atoms with E-state index >= 15 is 0 Å². The summed E-state index contributed by atoms with van der Waals surface area (Å²) in [5.74, 6) is 1.74. The first kappa shape index (κ1) is 17.0. The molecule has 5 nitrogen and oxygen atoms in total. The van der Waals surface area contributed by atoms with Gasteiger partial charge < -0.3 is 15.0 Å². The quantitative estimate of drug-likeness (QED) is 0.633. The Balaban J connectivity index is 1.61. The number of guanidine groups is 1. The maximum Gasteiger partial charge on any atom is 0.193 e. The van der Waals surface area contributed by atoms with Crippen molar-refractivity contribution in [3.8, 4) is 0 Å². The zero-order chi connectivity index (χ0) is 16.6. The average Bonchev–Trinajstić information content (AvgIpc) is 3.18. The molecular weight excluding hydrogens is 288 g/mol. The van der Waals surface area contributed by atoms with Crippen LogP contribution in [0.2, 0.25) is 0 Å². The highest BCUT2D eigenvalue weighted by molar-refractivity contribution is 5.81. The molecule has 0 bridgehead atoms. The maximum absolute atomic E-state index is 5.92. The zero-order valence-electron chi connectivity index (χ0n) is 15.5. The number of nitrogens with zero attached hydrogens (tertiary/aromatic N) is 3. The van der Waals surface area contributed by atoms with Crippen LogP contribution < -0.4 is 5.32 Å². The van der Waals surface area contributed by atoms with Crippen molar-refractivity contribution in [2.75, 3.05) is 39.8 Å². The Morgan fingerprint density at radius 2 is 2.04 bits per heavy atom. The van der Waals surface area contributed by atoms with Crippen molar-refractivity contribution in [3.63, 3.8) is 0 Å². The van der Waals surface area contributed by atoms with Gasteiger partial charge >= 0.3 is 0 Å². The van der Waals surface area contributed by atoms with Gasteiger partial charge in [-0.1, -0.05) is 27.7 Å². The standard InChI is InChI=1S/C18H34N4O/c1-6-21(7-2)13-8-10-22(12-13)17(19-5)20-15-14-9-11-23-16(14)18(15,3)4/h13-16H,6-12H2,1-5H3,(H,19,20). The molecule has 1 N–H and O–H groups in total. The van der Waals surface area contributed by atoms with Gasteiger partial charge in [-0.3, -0.25) is 9.89 Å². The Hall–Kier alpha value is -0.810. The lowest BCUT2D eigenvalue weighted by Crippen LogP contribution is -2.68. The fourth-order valence-corrected chi connectivity index (χ4v) is 5.03. The summed E-state index contributed by atoms with van der Waals surface area (Å²) in [4.78, 5) is 9.61. The molecule has 3 rings (SSSR count). The van der Waals surface area contributed by atoms with Crippen LogP contribution in [0.5, 0.6) is 0 Å². The average molecular weight is 322 g/mol. The molecule has 3 fully saturated rings. The molecule has 5 heteroatoms. The van der Waals surface area contributed by atoms with Crippen LogP contribution in [0.25, 0.3) is 0 Å². The third kappa shape index (κ3) is 2.86. The molecule has 2 heterocycles. The normalized spacial score (nSPS) is 36.3. The summed E-state index contributed by atoms with van der Waals surface area (Å²) in [6.45, 7) is 14.6.